The lowest BCUT2D eigenvalue weighted by Crippen LogP contribution is -2.20. The second-order valence-electron chi connectivity index (χ2n) is 5.74. The minimum Gasteiger partial charge on any atom is -0.360 e. The van der Waals surface area contributed by atoms with E-state index in [2.05, 4.69) is 25.6 Å². The Hall–Kier alpha value is -3.29. The van der Waals surface area contributed by atoms with Crippen molar-refractivity contribution >= 4 is 12.0 Å². The molecule has 3 aromatic rings. The number of hydrogen-bond donors (Lipinski definition) is 1. The average molecular weight is 337 g/mol. The summed E-state index contributed by atoms with van der Waals surface area (Å²) < 4.78 is 10.4. The summed E-state index contributed by atoms with van der Waals surface area (Å²) in [4.78, 5) is 20.0. The molecule has 1 saturated carbocycles. The van der Waals surface area contributed by atoms with Gasteiger partial charge in [-0.3, -0.25) is 9.78 Å². The van der Waals surface area contributed by atoms with Crippen molar-refractivity contribution in [3.05, 3.63) is 53.9 Å². The number of carbonyl (C=O) groups excluding carboxylic acids is 1. The third-order valence-corrected chi connectivity index (χ3v) is 3.73. The highest BCUT2D eigenvalue weighted by Crippen LogP contribution is 2.40. The highest BCUT2D eigenvalue weighted by Gasteiger charge is 2.28. The Bertz CT molecular complexity index is 896. The molecule has 126 valence electrons. The van der Waals surface area contributed by atoms with E-state index in [1.165, 1.54) is 6.08 Å². The molecule has 0 saturated heterocycles. The quantitative estimate of drug-likeness (QED) is 0.688. The molecule has 0 radical (unpaired) electrons. The molecule has 0 aromatic carbocycles. The van der Waals surface area contributed by atoms with Crippen LogP contribution in [-0.4, -0.2) is 26.2 Å². The SMILES string of the molecule is O=C(C=Cc1cccnc1)NCc1nc(-c2cc(C3CC3)on2)no1. The van der Waals surface area contributed by atoms with E-state index in [9.17, 15) is 4.79 Å². The van der Waals surface area contributed by atoms with Crippen LogP contribution in [-0.2, 0) is 11.3 Å². The fourth-order valence-corrected chi connectivity index (χ4v) is 2.25. The Morgan fingerprint density at radius 1 is 1.32 bits per heavy atom. The lowest BCUT2D eigenvalue weighted by atomic mass is 10.2. The van der Waals surface area contributed by atoms with Crippen molar-refractivity contribution in [3.63, 3.8) is 0 Å². The molecular weight excluding hydrogens is 322 g/mol. The maximum absolute atomic E-state index is 11.8. The third-order valence-electron chi connectivity index (χ3n) is 3.73. The lowest BCUT2D eigenvalue weighted by Gasteiger charge is -1.96. The van der Waals surface area contributed by atoms with Gasteiger partial charge in [0.15, 0.2) is 5.69 Å². The van der Waals surface area contributed by atoms with Gasteiger partial charge in [0, 0.05) is 30.5 Å². The molecule has 4 rings (SSSR count). The number of carbonyl (C=O) groups is 1. The van der Waals surface area contributed by atoms with E-state index in [1.807, 2.05) is 12.1 Å². The molecule has 8 nitrogen and oxygen atoms in total. The summed E-state index contributed by atoms with van der Waals surface area (Å²) in [7, 11) is 0. The Balaban J connectivity index is 1.33. The topological polar surface area (TPSA) is 107 Å². The highest BCUT2D eigenvalue weighted by atomic mass is 16.5. The Morgan fingerprint density at radius 3 is 3.04 bits per heavy atom. The number of nitrogens with zero attached hydrogens (tertiary/aromatic N) is 4. The minimum absolute atomic E-state index is 0.135. The van der Waals surface area contributed by atoms with Crippen LogP contribution in [0.5, 0.6) is 0 Å². The van der Waals surface area contributed by atoms with E-state index >= 15 is 0 Å². The molecule has 1 amide bonds. The van der Waals surface area contributed by atoms with Gasteiger partial charge in [-0.25, -0.2) is 0 Å². The first kappa shape index (κ1) is 15.3. The van der Waals surface area contributed by atoms with Gasteiger partial charge in [-0.05, 0) is 30.5 Å². The Kier molecular flexibility index (Phi) is 4.07. The zero-order valence-electron chi connectivity index (χ0n) is 13.3. The van der Waals surface area contributed by atoms with E-state index in [-0.39, 0.29) is 12.5 Å². The van der Waals surface area contributed by atoms with Crippen molar-refractivity contribution in [2.75, 3.05) is 0 Å². The first-order valence-corrected chi connectivity index (χ1v) is 7.93. The molecule has 0 unspecified atom stereocenters. The van der Waals surface area contributed by atoms with Gasteiger partial charge in [-0.15, -0.1) is 0 Å². The van der Waals surface area contributed by atoms with Crippen LogP contribution in [0, 0.1) is 0 Å². The van der Waals surface area contributed by atoms with E-state index in [0.29, 0.717) is 23.3 Å². The number of pyridine rings is 1. The lowest BCUT2D eigenvalue weighted by molar-refractivity contribution is -0.116. The Labute approximate surface area is 142 Å². The summed E-state index contributed by atoms with van der Waals surface area (Å²) in [5.74, 6) is 1.72. The summed E-state index contributed by atoms with van der Waals surface area (Å²) in [6.07, 6.45) is 8.70. The molecule has 3 heterocycles. The molecule has 0 aliphatic heterocycles. The van der Waals surface area contributed by atoms with Crippen molar-refractivity contribution in [1.29, 1.82) is 0 Å². The van der Waals surface area contributed by atoms with Crippen LogP contribution in [0.4, 0.5) is 0 Å². The molecule has 0 spiro atoms. The van der Waals surface area contributed by atoms with Gasteiger partial charge in [0.1, 0.15) is 5.76 Å². The normalized spacial score (nSPS) is 14.1. The van der Waals surface area contributed by atoms with E-state index in [4.69, 9.17) is 9.05 Å². The van der Waals surface area contributed by atoms with Crippen LogP contribution in [0.3, 0.4) is 0 Å². The van der Waals surface area contributed by atoms with Gasteiger partial charge in [0.05, 0.1) is 6.54 Å². The van der Waals surface area contributed by atoms with Crippen LogP contribution in [0.25, 0.3) is 17.6 Å². The summed E-state index contributed by atoms with van der Waals surface area (Å²) in [6, 6.07) is 5.49. The van der Waals surface area contributed by atoms with Crippen molar-refractivity contribution in [3.8, 4) is 11.5 Å². The van der Waals surface area contributed by atoms with Gasteiger partial charge >= 0.3 is 0 Å². The molecule has 8 heteroatoms. The first-order valence-electron chi connectivity index (χ1n) is 7.93. The summed E-state index contributed by atoms with van der Waals surface area (Å²) in [6.45, 7) is 0.135. The molecule has 1 aliphatic carbocycles. The van der Waals surface area contributed by atoms with Crippen LogP contribution in [0.15, 0.2) is 45.7 Å². The number of aromatic nitrogens is 4. The highest BCUT2D eigenvalue weighted by molar-refractivity contribution is 5.91. The number of amides is 1. The van der Waals surface area contributed by atoms with Gasteiger partial charge < -0.3 is 14.4 Å². The molecule has 0 atom stereocenters. The number of rotatable bonds is 6. The van der Waals surface area contributed by atoms with Gasteiger partial charge in [-0.2, -0.15) is 4.98 Å². The van der Waals surface area contributed by atoms with Crippen LogP contribution in [0.1, 0.15) is 36.0 Å². The van der Waals surface area contributed by atoms with Crippen molar-refractivity contribution in [1.82, 2.24) is 25.6 Å². The summed E-state index contributed by atoms with van der Waals surface area (Å²) in [5, 5.41) is 10.5. The maximum Gasteiger partial charge on any atom is 0.246 e. The van der Waals surface area contributed by atoms with Crippen LogP contribution >= 0.6 is 0 Å². The molecule has 1 aliphatic rings. The standard InChI is InChI=1S/C17H15N5O3/c23-15(6-3-11-2-1-7-18-9-11)19-10-16-20-17(22-25-16)13-8-14(24-21-13)12-4-5-12/h1-3,6-9,12H,4-5,10H2,(H,19,23). The second-order valence-corrected chi connectivity index (χ2v) is 5.74. The number of hydrogen-bond acceptors (Lipinski definition) is 7. The van der Waals surface area contributed by atoms with Crippen molar-refractivity contribution in [2.24, 2.45) is 0 Å². The molecular formula is C17H15N5O3. The monoisotopic (exact) mass is 337 g/mol. The van der Waals surface area contributed by atoms with Gasteiger partial charge in [0.2, 0.25) is 17.6 Å². The maximum atomic E-state index is 11.8. The van der Waals surface area contributed by atoms with E-state index in [1.54, 1.807) is 24.5 Å². The van der Waals surface area contributed by atoms with E-state index in [0.717, 1.165) is 24.2 Å². The Morgan fingerprint density at radius 2 is 2.24 bits per heavy atom. The third kappa shape index (κ3) is 3.79. The molecule has 1 fully saturated rings. The molecule has 0 bridgehead atoms. The minimum atomic E-state index is -0.263. The van der Waals surface area contributed by atoms with E-state index < -0.39 is 0 Å². The van der Waals surface area contributed by atoms with Crippen LogP contribution in [0.2, 0.25) is 0 Å². The zero-order valence-corrected chi connectivity index (χ0v) is 13.3. The number of nitrogens with one attached hydrogen (secondary N) is 1. The van der Waals surface area contributed by atoms with Crippen molar-refractivity contribution < 1.29 is 13.8 Å². The van der Waals surface area contributed by atoms with Crippen LogP contribution < -0.4 is 5.32 Å². The van der Waals surface area contributed by atoms with Gasteiger partial charge in [-0.1, -0.05) is 16.4 Å². The molecule has 25 heavy (non-hydrogen) atoms. The largest absolute Gasteiger partial charge is 0.360 e. The predicted octanol–water partition coefficient (Wildman–Crippen LogP) is 2.33. The second kappa shape index (κ2) is 6.68. The first-order chi connectivity index (χ1) is 12.3. The summed E-state index contributed by atoms with van der Waals surface area (Å²) >= 11 is 0. The average Bonchev–Trinajstić information content (AvgIpc) is 3.19. The fraction of sp³-hybridized carbons (Fsp3) is 0.235. The predicted molar refractivity (Wildman–Crippen MR) is 86.9 cm³/mol. The smallest absolute Gasteiger partial charge is 0.246 e. The van der Waals surface area contributed by atoms with Gasteiger partial charge in [0.25, 0.3) is 0 Å². The fourth-order valence-electron chi connectivity index (χ4n) is 2.25. The summed E-state index contributed by atoms with van der Waals surface area (Å²) in [5.41, 5.74) is 1.38. The molecule has 3 aromatic heterocycles. The van der Waals surface area contributed by atoms with Crippen molar-refractivity contribution in [2.45, 2.75) is 25.3 Å². The molecule has 1 N–H and O–H groups in total. The zero-order chi connectivity index (χ0) is 17.1.